The molecule has 0 fully saturated rings. The molecular weight excluding hydrogens is 393 g/mol. The van der Waals surface area contributed by atoms with Gasteiger partial charge in [0.15, 0.2) is 0 Å². The number of hydrogen-bond acceptors (Lipinski definition) is 2. The molecule has 19 heavy (non-hydrogen) atoms. The molecule has 0 radical (unpaired) electrons. The number of nitrogens with two attached hydrogens (primary N) is 1. The highest BCUT2D eigenvalue weighted by Gasteiger charge is 2.20. The third-order valence-electron chi connectivity index (χ3n) is 2.81. The minimum atomic E-state index is -0.283. The van der Waals surface area contributed by atoms with E-state index < -0.39 is 0 Å². The van der Waals surface area contributed by atoms with E-state index in [0.29, 0.717) is 5.02 Å². The smallest absolute Gasteiger partial charge is 0.0742 e. The van der Waals surface area contributed by atoms with Crippen molar-refractivity contribution < 1.29 is 0 Å². The molecule has 2 rings (SSSR count). The van der Waals surface area contributed by atoms with Gasteiger partial charge in [0.1, 0.15) is 0 Å². The summed E-state index contributed by atoms with van der Waals surface area (Å²) in [7, 11) is 0. The van der Waals surface area contributed by atoms with Gasteiger partial charge >= 0.3 is 0 Å². The highest BCUT2D eigenvalue weighted by molar-refractivity contribution is 9.10. The van der Waals surface area contributed by atoms with Crippen molar-refractivity contribution >= 4 is 43.5 Å². The molecule has 0 amide bonds. The van der Waals surface area contributed by atoms with E-state index in [0.717, 1.165) is 20.2 Å². The highest BCUT2D eigenvalue weighted by atomic mass is 79.9. The van der Waals surface area contributed by atoms with E-state index in [-0.39, 0.29) is 12.1 Å². The van der Waals surface area contributed by atoms with Crippen molar-refractivity contribution in [3.05, 3.63) is 49.6 Å². The van der Waals surface area contributed by atoms with Crippen LogP contribution in [0.2, 0.25) is 5.02 Å². The average Bonchev–Trinajstić information content (AvgIpc) is 2.69. The molecule has 0 bridgehead atoms. The van der Waals surface area contributed by atoms with Crippen LogP contribution in [0, 0.1) is 0 Å². The lowest BCUT2D eigenvalue weighted by Gasteiger charge is -2.18. The summed E-state index contributed by atoms with van der Waals surface area (Å²) in [5.41, 5.74) is 8.26. The second kappa shape index (κ2) is 5.95. The van der Waals surface area contributed by atoms with E-state index in [4.69, 9.17) is 17.3 Å². The Bertz CT molecular complexity index is 575. The van der Waals surface area contributed by atoms with Crippen LogP contribution in [0.25, 0.3) is 0 Å². The van der Waals surface area contributed by atoms with Crippen LogP contribution >= 0.6 is 43.5 Å². The van der Waals surface area contributed by atoms with Gasteiger partial charge in [0, 0.05) is 15.5 Å². The third-order valence-corrected chi connectivity index (χ3v) is 4.10. The summed E-state index contributed by atoms with van der Waals surface area (Å²) < 4.78 is 3.74. The Morgan fingerprint density at radius 1 is 1.26 bits per heavy atom. The lowest BCUT2D eigenvalue weighted by atomic mass is 10.0. The van der Waals surface area contributed by atoms with Gasteiger partial charge in [-0.25, -0.2) is 0 Å². The van der Waals surface area contributed by atoms with Crippen LogP contribution in [-0.4, -0.2) is 9.78 Å². The molecule has 2 aromatic rings. The van der Waals surface area contributed by atoms with Gasteiger partial charge in [-0.3, -0.25) is 4.68 Å². The molecule has 0 spiro atoms. The maximum Gasteiger partial charge on any atom is 0.0742 e. The second-order valence-electron chi connectivity index (χ2n) is 4.60. The number of hydrogen-bond donors (Lipinski definition) is 1. The van der Waals surface area contributed by atoms with Crippen LogP contribution in [-0.2, 0) is 0 Å². The molecule has 0 aliphatic rings. The first-order valence-corrected chi connectivity index (χ1v) is 7.81. The lowest BCUT2D eigenvalue weighted by molar-refractivity contribution is 0.498. The van der Waals surface area contributed by atoms with Crippen molar-refractivity contribution in [3.8, 4) is 0 Å². The fourth-order valence-electron chi connectivity index (χ4n) is 1.97. The molecule has 0 aliphatic carbocycles. The molecule has 1 unspecified atom stereocenters. The molecule has 1 aromatic carbocycles. The van der Waals surface area contributed by atoms with Gasteiger partial charge in [-0.2, -0.15) is 5.10 Å². The zero-order chi connectivity index (χ0) is 14.2. The summed E-state index contributed by atoms with van der Waals surface area (Å²) in [5.74, 6) is 0. The fraction of sp³-hybridized carbons (Fsp3) is 0.308. The normalized spacial score (nSPS) is 13.0. The topological polar surface area (TPSA) is 43.8 Å². The molecule has 1 aromatic heterocycles. The Morgan fingerprint density at radius 3 is 2.53 bits per heavy atom. The predicted octanol–water partition coefficient (Wildman–Crippen LogP) is 4.69. The van der Waals surface area contributed by atoms with Crippen LogP contribution in [0.1, 0.15) is 37.2 Å². The summed E-state index contributed by atoms with van der Waals surface area (Å²) in [6.45, 7) is 4.15. The molecule has 102 valence electrons. The Labute approximate surface area is 134 Å². The molecule has 0 saturated carbocycles. The Hall–Kier alpha value is -0.360. The van der Waals surface area contributed by atoms with Gasteiger partial charge in [-0.05, 0) is 53.5 Å². The zero-order valence-electron chi connectivity index (χ0n) is 10.6. The quantitative estimate of drug-likeness (QED) is 0.802. The first-order valence-electron chi connectivity index (χ1n) is 5.84. The van der Waals surface area contributed by atoms with Gasteiger partial charge in [0.2, 0.25) is 0 Å². The zero-order valence-corrected chi connectivity index (χ0v) is 14.5. The van der Waals surface area contributed by atoms with Crippen molar-refractivity contribution in [2.45, 2.75) is 25.9 Å². The number of nitrogens with zero attached hydrogens (tertiary/aromatic N) is 2. The van der Waals surface area contributed by atoms with Gasteiger partial charge in [0.25, 0.3) is 0 Å². The average molecular weight is 408 g/mol. The van der Waals surface area contributed by atoms with Crippen molar-refractivity contribution in [2.75, 3.05) is 0 Å². The van der Waals surface area contributed by atoms with E-state index in [9.17, 15) is 0 Å². The van der Waals surface area contributed by atoms with Gasteiger partial charge < -0.3 is 5.73 Å². The van der Waals surface area contributed by atoms with Crippen LogP contribution in [0.3, 0.4) is 0 Å². The molecule has 0 saturated heterocycles. The van der Waals surface area contributed by atoms with E-state index in [1.54, 1.807) is 6.20 Å². The summed E-state index contributed by atoms with van der Waals surface area (Å²) in [6.07, 6.45) is 1.77. The number of aromatic nitrogens is 2. The number of benzene rings is 1. The number of halogens is 3. The molecule has 0 aliphatic heterocycles. The standard InChI is InChI=1S/C13H14Br2ClN3/c1-7(2)19-13(11(15)6-18-19)12(17)8-3-9(14)5-10(16)4-8/h3-7,12H,17H2,1-2H3. The fourth-order valence-corrected chi connectivity index (χ4v) is 3.37. The van der Waals surface area contributed by atoms with Crippen LogP contribution in [0.5, 0.6) is 0 Å². The Morgan fingerprint density at radius 2 is 1.95 bits per heavy atom. The summed E-state index contributed by atoms with van der Waals surface area (Å²) >= 11 is 13.0. The summed E-state index contributed by atoms with van der Waals surface area (Å²) in [5, 5.41) is 5.01. The molecule has 1 atom stereocenters. The molecular formula is C13H14Br2ClN3. The molecule has 6 heteroatoms. The SMILES string of the molecule is CC(C)n1ncc(Br)c1C(N)c1cc(Cl)cc(Br)c1. The van der Waals surface area contributed by atoms with Gasteiger partial charge in [-0.1, -0.05) is 27.5 Å². The van der Waals surface area contributed by atoms with Crippen molar-refractivity contribution in [1.82, 2.24) is 9.78 Å². The van der Waals surface area contributed by atoms with Crippen LogP contribution < -0.4 is 5.73 Å². The lowest BCUT2D eigenvalue weighted by Crippen LogP contribution is -2.19. The van der Waals surface area contributed by atoms with E-state index >= 15 is 0 Å². The largest absolute Gasteiger partial charge is 0.319 e. The van der Waals surface area contributed by atoms with E-state index in [1.807, 2.05) is 22.9 Å². The van der Waals surface area contributed by atoms with Crippen molar-refractivity contribution in [1.29, 1.82) is 0 Å². The monoisotopic (exact) mass is 405 g/mol. The predicted molar refractivity (Wildman–Crippen MR) is 85.5 cm³/mol. The second-order valence-corrected chi connectivity index (χ2v) is 6.80. The first-order chi connectivity index (χ1) is 8.90. The minimum Gasteiger partial charge on any atom is -0.319 e. The summed E-state index contributed by atoms with van der Waals surface area (Å²) in [6, 6.07) is 5.65. The number of rotatable bonds is 3. The van der Waals surface area contributed by atoms with Crippen molar-refractivity contribution in [3.63, 3.8) is 0 Å². The maximum absolute atomic E-state index is 6.37. The van der Waals surface area contributed by atoms with Crippen LogP contribution in [0.15, 0.2) is 33.3 Å². The Balaban J connectivity index is 2.49. The highest BCUT2D eigenvalue weighted by Crippen LogP contribution is 2.31. The molecule has 3 nitrogen and oxygen atoms in total. The van der Waals surface area contributed by atoms with E-state index in [2.05, 4.69) is 50.8 Å². The van der Waals surface area contributed by atoms with Gasteiger partial charge in [0.05, 0.1) is 22.4 Å². The maximum atomic E-state index is 6.37. The third kappa shape index (κ3) is 3.21. The van der Waals surface area contributed by atoms with E-state index in [1.165, 1.54) is 0 Å². The summed E-state index contributed by atoms with van der Waals surface area (Å²) in [4.78, 5) is 0. The minimum absolute atomic E-state index is 0.245. The van der Waals surface area contributed by atoms with Crippen LogP contribution in [0.4, 0.5) is 0 Å². The van der Waals surface area contributed by atoms with Gasteiger partial charge in [-0.15, -0.1) is 0 Å². The molecule has 2 N–H and O–H groups in total. The van der Waals surface area contributed by atoms with Crippen molar-refractivity contribution in [2.24, 2.45) is 5.73 Å². The molecule has 1 heterocycles. The Kier molecular flexibility index (Phi) is 4.71. The first kappa shape index (κ1) is 15.0.